The second kappa shape index (κ2) is 4.69. The summed E-state index contributed by atoms with van der Waals surface area (Å²) < 4.78 is 19.9. The van der Waals surface area contributed by atoms with E-state index in [0.717, 1.165) is 3.57 Å². The van der Waals surface area contributed by atoms with Crippen LogP contribution >= 0.6 is 22.6 Å². The molecule has 0 aliphatic carbocycles. The molecule has 0 heterocycles. The van der Waals surface area contributed by atoms with Gasteiger partial charge in [-0.05, 0) is 59.0 Å². The van der Waals surface area contributed by atoms with Crippen LogP contribution < -0.4 is 10.5 Å². The first-order chi connectivity index (χ1) is 7.65. The highest BCUT2D eigenvalue weighted by atomic mass is 127. The maximum atomic E-state index is 13.4. The summed E-state index contributed by atoms with van der Waals surface area (Å²) in [6, 6.07) is 11.7. The van der Waals surface area contributed by atoms with E-state index in [2.05, 4.69) is 22.6 Å². The first-order valence-electron chi connectivity index (χ1n) is 4.63. The summed E-state index contributed by atoms with van der Waals surface area (Å²) in [5, 5.41) is 0. The summed E-state index contributed by atoms with van der Waals surface area (Å²) in [6.07, 6.45) is 0. The third kappa shape index (κ3) is 2.63. The lowest BCUT2D eigenvalue weighted by atomic mass is 10.3. The number of hydrogen-bond donors (Lipinski definition) is 1. The predicted octanol–water partition coefficient (Wildman–Crippen LogP) is 3.80. The molecule has 16 heavy (non-hydrogen) atoms. The number of nitrogen functional groups attached to an aromatic ring is 1. The number of hydrogen-bond acceptors (Lipinski definition) is 2. The second-order valence-electron chi connectivity index (χ2n) is 3.25. The number of nitrogens with two attached hydrogens (primary N) is 1. The van der Waals surface area contributed by atoms with Crippen molar-refractivity contribution in [2.24, 2.45) is 0 Å². The van der Waals surface area contributed by atoms with E-state index in [1.54, 1.807) is 18.2 Å². The number of benzene rings is 2. The summed E-state index contributed by atoms with van der Waals surface area (Å²) >= 11 is 2.19. The Morgan fingerprint density at radius 3 is 2.38 bits per heavy atom. The number of rotatable bonds is 2. The number of halogens is 2. The zero-order valence-electron chi connectivity index (χ0n) is 8.28. The van der Waals surface area contributed by atoms with Crippen LogP contribution in [0.5, 0.6) is 11.5 Å². The average molecular weight is 329 g/mol. The van der Waals surface area contributed by atoms with Gasteiger partial charge in [0.15, 0.2) is 11.6 Å². The monoisotopic (exact) mass is 329 g/mol. The molecule has 0 bridgehead atoms. The molecule has 0 radical (unpaired) electrons. The highest BCUT2D eigenvalue weighted by Crippen LogP contribution is 2.26. The number of anilines is 1. The van der Waals surface area contributed by atoms with Crippen LogP contribution in [-0.4, -0.2) is 0 Å². The lowest BCUT2D eigenvalue weighted by Crippen LogP contribution is -1.91. The summed E-state index contributed by atoms with van der Waals surface area (Å²) in [5.74, 6) is 0.318. The van der Waals surface area contributed by atoms with Crippen LogP contribution in [0.1, 0.15) is 0 Å². The fourth-order valence-electron chi connectivity index (χ4n) is 1.23. The van der Waals surface area contributed by atoms with Gasteiger partial charge >= 0.3 is 0 Å². The second-order valence-corrected chi connectivity index (χ2v) is 4.49. The van der Waals surface area contributed by atoms with E-state index >= 15 is 0 Å². The van der Waals surface area contributed by atoms with Gasteiger partial charge in [0.05, 0.1) is 0 Å². The molecule has 0 fully saturated rings. The first kappa shape index (κ1) is 11.2. The van der Waals surface area contributed by atoms with E-state index in [1.165, 1.54) is 12.1 Å². The van der Waals surface area contributed by atoms with Crippen LogP contribution in [0.25, 0.3) is 0 Å². The Morgan fingerprint density at radius 1 is 1.06 bits per heavy atom. The van der Waals surface area contributed by atoms with Crippen LogP contribution in [-0.2, 0) is 0 Å². The maximum absolute atomic E-state index is 13.4. The first-order valence-corrected chi connectivity index (χ1v) is 5.71. The van der Waals surface area contributed by atoms with Crippen LogP contribution in [0.2, 0.25) is 0 Å². The Labute approximate surface area is 106 Å². The van der Waals surface area contributed by atoms with Gasteiger partial charge in [0.25, 0.3) is 0 Å². The van der Waals surface area contributed by atoms with Gasteiger partial charge in [0.1, 0.15) is 5.75 Å². The molecule has 0 saturated heterocycles. The SMILES string of the molecule is Nc1ccc(Oc2ccc(I)cc2)c(F)c1. The third-order valence-corrected chi connectivity index (χ3v) is 2.72. The molecule has 4 heteroatoms. The number of ether oxygens (including phenoxy) is 1. The van der Waals surface area contributed by atoms with Gasteiger partial charge in [0, 0.05) is 15.3 Å². The Kier molecular flexibility index (Phi) is 3.28. The quantitative estimate of drug-likeness (QED) is 0.672. The van der Waals surface area contributed by atoms with Crippen molar-refractivity contribution in [1.82, 2.24) is 0 Å². The molecule has 0 atom stereocenters. The topological polar surface area (TPSA) is 35.2 Å². The lowest BCUT2D eigenvalue weighted by Gasteiger charge is -2.07. The molecule has 0 aromatic heterocycles. The van der Waals surface area contributed by atoms with Crippen LogP contribution in [0.4, 0.5) is 10.1 Å². The van der Waals surface area contributed by atoms with E-state index in [1.807, 2.05) is 12.1 Å². The van der Waals surface area contributed by atoms with E-state index < -0.39 is 5.82 Å². The fraction of sp³-hybridized carbons (Fsp3) is 0. The molecule has 0 saturated carbocycles. The van der Waals surface area contributed by atoms with Gasteiger partial charge in [-0.2, -0.15) is 0 Å². The molecule has 0 amide bonds. The highest BCUT2D eigenvalue weighted by Gasteiger charge is 2.04. The largest absolute Gasteiger partial charge is 0.454 e. The average Bonchev–Trinajstić information content (AvgIpc) is 2.25. The Balaban J connectivity index is 2.23. The summed E-state index contributed by atoms with van der Waals surface area (Å²) in [7, 11) is 0. The van der Waals surface area contributed by atoms with Crippen LogP contribution in [0, 0.1) is 9.39 Å². The zero-order valence-corrected chi connectivity index (χ0v) is 10.4. The van der Waals surface area contributed by atoms with E-state index in [4.69, 9.17) is 10.5 Å². The van der Waals surface area contributed by atoms with Crippen molar-refractivity contribution in [3.63, 3.8) is 0 Å². The van der Waals surface area contributed by atoms with Crippen molar-refractivity contribution in [3.05, 3.63) is 51.9 Å². The molecule has 0 spiro atoms. The summed E-state index contributed by atoms with van der Waals surface area (Å²) in [4.78, 5) is 0. The molecule has 82 valence electrons. The van der Waals surface area contributed by atoms with Gasteiger partial charge in [-0.3, -0.25) is 0 Å². The predicted molar refractivity (Wildman–Crippen MR) is 70.0 cm³/mol. The summed E-state index contributed by atoms with van der Waals surface area (Å²) in [6.45, 7) is 0. The molecule has 2 aromatic rings. The molecule has 0 unspecified atom stereocenters. The minimum absolute atomic E-state index is 0.176. The smallest absolute Gasteiger partial charge is 0.167 e. The van der Waals surface area contributed by atoms with Gasteiger partial charge < -0.3 is 10.5 Å². The zero-order chi connectivity index (χ0) is 11.5. The minimum Gasteiger partial charge on any atom is -0.454 e. The van der Waals surface area contributed by atoms with Crippen molar-refractivity contribution in [3.8, 4) is 11.5 Å². The lowest BCUT2D eigenvalue weighted by molar-refractivity contribution is 0.442. The van der Waals surface area contributed by atoms with Gasteiger partial charge in [-0.25, -0.2) is 4.39 Å². The van der Waals surface area contributed by atoms with E-state index in [-0.39, 0.29) is 5.75 Å². The molecule has 2 N–H and O–H groups in total. The third-order valence-electron chi connectivity index (χ3n) is 2.00. The van der Waals surface area contributed by atoms with Crippen molar-refractivity contribution >= 4 is 28.3 Å². The normalized spacial score (nSPS) is 10.1. The van der Waals surface area contributed by atoms with Gasteiger partial charge in [-0.15, -0.1) is 0 Å². The Bertz CT molecular complexity index is 499. The highest BCUT2D eigenvalue weighted by molar-refractivity contribution is 14.1. The Hall–Kier alpha value is -1.30. The molecular weight excluding hydrogens is 320 g/mol. The van der Waals surface area contributed by atoms with Gasteiger partial charge in [0.2, 0.25) is 0 Å². The molecule has 0 aliphatic heterocycles. The Morgan fingerprint density at radius 2 is 1.75 bits per heavy atom. The van der Waals surface area contributed by atoms with Crippen molar-refractivity contribution in [2.75, 3.05) is 5.73 Å². The van der Waals surface area contributed by atoms with Crippen molar-refractivity contribution < 1.29 is 9.13 Å². The molecule has 2 aromatic carbocycles. The summed E-state index contributed by atoms with van der Waals surface area (Å²) in [5.41, 5.74) is 5.83. The molecule has 0 aliphatic rings. The van der Waals surface area contributed by atoms with Crippen molar-refractivity contribution in [1.29, 1.82) is 0 Å². The van der Waals surface area contributed by atoms with Crippen molar-refractivity contribution in [2.45, 2.75) is 0 Å². The van der Waals surface area contributed by atoms with E-state index in [9.17, 15) is 4.39 Å². The van der Waals surface area contributed by atoms with E-state index in [0.29, 0.717) is 11.4 Å². The molecule has 2 rings (SSSR count). The molecular formula is C12H9FINO. The fourth-order valence-corrected chi connectivity index (χ4v) is 1.59. The van der Waals surface area contributed by atoms with Crippen LogP contribution in [0.3, 0.4) is 0 Å². The minimum atomic E-state index is -0.460. The standard InChI is InChI=1S/C12H9FINO/c13-11-7-9(15)3-6-12(11)16-10-4-1-8(14)2-5-10/h1-7H,15H2. The van der Waals surface area contributed by atoms with Gasteiger partial charge in [-0.1, -0.05) is 0 Å². The van der Waals surface area contributed by atoms with Crippen LogP contribution in [0.15, 0.2) is 42.5 Å². The molecule has 2 nitrogen and oxygen atoms in total. The maximum Gasteiger partial charge on any atom is 0.167 e.